The molecule has 1 aromatic rings. The summed E-state index contributed by atoms with van der Waals surface area (Å²) in [6, 6.07) is -0.0676. The minimum atomic E-state index is -3.73. The summed E-state index contributed by atoms with van der Waals surface area (Å²) in [6.45, 7) is -0.160. The smallest absolute Gasteiger partial charge is 0.390 e. The minimum Gasteiger partial charge on any atom is -0.390 e. The molecular formula is C12H14F5NO4Si. The van der Waals surface area contributed by atoms with E-state index in [1.807, 2.05) is 5.32 Å². The van der Waals surface area contributed by atoms with Crippen molar-refractivity contribution in [1.29, 1.82) is 0 Å². The molecular weight excluding hydrogens is 345 g/mol. The lowest BCUT2D eigenvalue weighted by Crippen LogP contribution is -2.37. The number of hydrogen-bond acceptors (Lipinski definition) is 4. The van der Waals surface area contributed by atoms with Gasteiger partial charge in [0.15, 0.2) is 23.3 Å². The molecule has 0 unspecified atom stereocenters. The van der Waals surface area contributed by atoms with Crippen molar-refractivity contribution in [3.05, 3.63) is 34.6 Å². The maximum atomic E-state index is 13.4. The molecule has 0 spiro atoms. The predicted molar refractivity (Wildman–Crippen MR) is 69.8 cm³/mol. The Hall–Kier alpha value is -1.56. The second-order valence-electron chi connectivity index (χ2n) is 4.61. The van der Waals surface area contributed by atoms with Crippen LogP contribution in [0.15, 0.2) is 0 Å². The topological polar surface area (TPSA) is 78.8 Å². The van der Waals surface area contributed by atoms with Crippen molar-refractivity contribution in [1.82, 2.24) is 5.32 Å². The second kappa shape index (κ2) is 7.81. The number of carbonyl (C=O) groups excluding carboxylic acids is 1. The van der Waals surface area contributed by atoms with Gasteiger partial charge in [-0.15, -0.1) is 0 Å². The number of unbranched alkanes of at least 4 members (excludes halogenated alkanes) is 1. The van der Waals surface area contributed by atoms with E-state index >= 15 is 0 Å². The molecule has 0 atom stereocenters. The first-order valence-electron chi connectivity index (χ1n) is 6.42. The summed E-state index contributed by atoms with van der Waals surface area (Å²) >= 11 is 0. The predicted octanol–water partition coefficient (Wildman–Crippen LogP) is 1.46. The molecule has 0 aliphatic heterocycles. The lowest BCUT2D eigenvalue weighted by molar-refractivity contribution is 0.0941. The van der Waals surface area contributed by atoms with E-state index in [0.29, 0.717) is 0 Å². The maximum absolute atomic E-state index is 13.4. The number of nitrogens with one attached hydrogen (secondary N) is 1. The maximum Gasteiger partial charge on any atom is 0.495 e. The summed E-state index contributed by atoms with van der Waals surface area (Å²) in [4.78, 5) is 30.0. The molecule has 0 aromatic heterocycles. The minimum absolute atomic E-state index is 0.0676. The van der Waals surface area contributed by atoms with Crippen LogP contribution in [0.4, 0.5) is 22.0 Å². The highest BCUT2D eigenvalue weighted by Gasteiger charge is 2.30. The molecule has 0 aliphatic carbocycles. The van der Waals surface area contributed by atoms with Gasteiger partial charge in [-0.25, -0.2) is 22.0 Å². The van der Waals surface area contributed by atoms with Crippen molar-refractivity contribution in [2.24, 2.45) is 0 Å². The molecule has 5 nitrogen and oxygen atoms in total. The summed E-state index contributed by atoms with van der Waals surface area (Å²) in [5, 5.41) is 2.00. The summed E-state index contributed by atoms with van der Waals surface area (Å²) in [6.07, 6.45) is 0.394. The standard InChI is InChI=1S/C12H14F5NO4Si/c1-22-23(20,21)5-3-2-4-18-12(19)6-7(13)9(15)11(17)10(16)8(6)14/h20-21H,2-5H2,1H3,(H,18,19). The van der Waals surface area contributed by atoms with Gasteiger partial charge in [0.25, 0.3) is 5.91 Å². The van der Waals surface area contributed by atoms with Crippen molar-refractivity contribution in [2.45, 2.75) is 18.9 Å². The Morgan fingerprint density at radius 1 is 1.00 bits per heavy atom. The average molecular weight is 359 g/mol. The molecule has 0 saturated carbocycles. The van der Waals surface area contributed by atoms with Crippen LogP contribution in [0.3, 0.4) is 0 Å². The quantitative estimate of drug-likeness (QED) is 0.226. The number of halogens is 5. The summed E-state index contributed by atoms with van der Waals surface area (Å²) < 4.78 is 70.0. The van der Waals surface area contributed by atoms with Gasteiger partial charge in [-0.3, -0.25) is 4.79 Å². The monoisotopic (exact) mass is 359 g/mol. The van der Waals surface area contributed by atoms with Crippen molar-refractivity contribution in [3.63, 3.8) is 0 Å². The molecule has 23 heavy (non-hydrogen) atoms. The zero-order valence-electron chi connectivity index (χ0n) is 11.9. The third-order valence-electron chi connectivity index (χ3n) is 2.98. The lowest BCUT2D eigenvalue weighted by Gasteiger charge is -2.14. The van der Waals surface area contributed by atoms with E-state index in [1.165, 1.54) is 0 Å². The highest BCUT2D eigenvalue weighted by atomic mass is 28.4. The van der Waals surface area contributed by atoms with Gasteiger partial charge in [0.2, 0.25) is 5.82 Å². The molecule has 0 saturated heterocycles. The van der Waals surface area contributed by atoms with Crippen molar-refractivity contribution in [3.8, 4) is 0 Å². The Labute approximate surface area is 129 Å². The zero-order valence-corrected chi connectivity index (χ0v) is 12.9. The van der Waals surface area contributed by atoms with Gasteiger partial charge in [0, 0.05) is 19.7 Å². The van der Waals surface area contributed by atoms with Gasteiger partial charge < -0.3 is 19.3 Å². The number of hydrogen-bond donors (Lipinski definition) is 3. The largest absolute Gasteiger partial charge is 0.495 e. The Balaban J connectivity index is 2.67. The van der Waals surface area contributed by atoms with E-state index in [0.717, 1.165) is 7.11 Å². The third-order valence-corrected chi connectivity index (χ3v) is 4.64. The second-order valence-corrected chi connectivity index (χ2v) is 7.00. The van der Waals surface area contributed by atoms with E-state index < -0.39 is 49.4 Å². The molecule has 1 rings (SSSR count). The summed E-state index contributed by atoms with van der Waals surface area (Å²) in [7, 11) is -2.61. The zero-order chi connectivity index (χ0) is 17.8. The van der Waals surface area contributed by atoms with Crippen molar-refractivity contribution in [2.75, 3.05) is 13.7 Å². The number of carbonyl (C=O) groups is 1. The fourth-order valence-corrected chi connectivity index (χ4v) is 2.59. The highest BCUT2D eigenvalue weighted by Crippen LogP contribution is 2.22. The van der Waals surface area contributed by atoms with Gasteiger partial charge in [-0.1, -0.05) is 0 Å². The summed E-state index contributed by atoms with van der Waals surface area (Å²) in [5.41, 5.74) is -1.56. The van der Waals surface area contributed by atoms with Gasteiger partial charge in [-0.2, -0.15) is 0 Å². The molecule has 1 amide bonds. The molecule has 0 radical (unpaired) electrons. The third kappa shape index (κ3) is 4.70. The Kier molecular flexibility index (Phi) is 6.62. The van der Waals surface area contributed by atoms with Crippen LogP contribution in [0.25, 0.3) is 0 Å². The van der Waals surface area contributed by atoms with Gasteiger partial charge in [-0.05, 0) is 12.8 Å². The number of rotatable bonds is 7. The molecule has 0 bridgehead atoms. The highest BCUT2D eigenvalue weighted by molar-refractivity contribution is 6.57. The van der Waals surface area contributed by atoms with Crippen LogP contribution in [0.5, 0.6) is 0 Å². The normalized spacial score (nSPS) is 11.7. The number of benzene rings is 1. The Bertz CT molecular complexity index is 570. The molecule has 11 heteroatoms. The lowest BCUT2D eigenvalue weighted by atomic mass is 10.1. The molecule has 1 aromatic carbocycles. The van der Waals surface area contributed by atoms with Gasteiger partial charge in [0.1, 0.15) is 5.56 Å². The van der Waals surface area contributed by atoms with E-state index in [4.69, 9.17) is 0 Å². The average Bonchev–Trinajstić information content (AvgIpc) is 2.50. The van der Waals surface area contributed by atoms with E-state index in [1.54, 1.807) is 0 Å². The molecule has 3 N–H and O–H groups in total. The van der Waals surface area contributed by atoms with Crippen LogP contribution in [0.2, 0.25) is 6.04 Å². The van der Waals surface area contributed by atoms with E-state index in [9.17, 15) is 36.3 Å². The van der Waals surface area contributed by atoms with Crippen LogP contribution < -0.4 is 5.32 Å². The van der Waals surface area contributed by atoms with Crippen molar-refractivity contribution >= 4 is 14.7 Å². The van der Waals surface area contributed by atoms with E-state index in [-0.39, 0.29) is 25.4 Å². The first kappa shape index (κ1) is 19.5. The van der Waals surface area contributed by atoms with E-state index in [2.05, 4.69) is 4.43 Å². The molecule has 0 aliphatic rings. The first-order valence-corrected chi connectivity index (χ1v) is 8.43. The van der Waals surface area contributed by atoms with Crippen LogP contribution in [-0.2, 0) is 4.43 Å². The van der Waals surface area contributed by atoms with Gasteiger partial charge in [0.05, 0.1) is 0 Å². The fourth-order valence-electron chi connectivity index (χ4n) is 1.68. The Morgan fingerprint density at radius 2 is 1.48 bits per heavy atom. The van der Waals surface area contributed by atoms with Crippen LogP contribution in [0.1, 0.15) is 23.2 Å². The first-order chi connectivity index (χ1) is 10.6. The van der Waals surface area contributed by atoms with Crippen LogP contribution >= 0.6 is 0 Å². The molecule has 0 heterocycles. The van der Waals surface area contributed by atoms with Gasteiger partial charge >= 0.3 is 8.80 Å². The van der Waals surface area contributed by atoms with Crippen LogP contribution in [0, 0.1) is 29.1 Å². The number of amides is 1. The summed E-state index contributed by atoms with van der Waals surface area (Å²) in [5.74, 6) is -12.6. The molecule has 130 valence electrons. The van der Waals surface area contributed by atoms with Crippen LogP contribution in [-0.4, -0.2) is 38.0 Å². The SMILES string of the molecule is CO[Si](O)(O)CCCCNC(=O)c1c(F)c(F)c(F)c(F)c1F. The van der Waals surface area contributed by atoms with Crippen molar-refractivity contribution < 1.29 is 40.8 Å². The molecule has 0 fully saturated rings. The Morgan fingerprint density at radius 3 is 1.96 bits per heavy atom. The fraction of sp³-hybridized carbons (Fsp3) is 0.417.